The number of rotatable bonds is 4. The second kappa shape index (κ2) is 8.98. The minimum atomic E-state index is -1.31. The quantitative estimate of drug-likeness (QED) is 0.668. The van der Waals surface area contributed by atoms with E-state index in [2.05, 4.69) is 0 Å². The molecular weight excluding hydrogens is 202 g/mol. The van der Waals surface area contributed by atoms with E-state index in [1.807, 2.05) is 13.8 Å². The van der Waals surface area contributed by atoms with E-state index >= 15 is 0 Å². The molecule has 2 N–H and O–H groups in total. The highest BCUT2D eigenvalue weighted by Gasteiger charge is 2.01. The van der Waals surface area contributed by atoms with Crippen LogP contribution in [0.3, 0.4) is 0 Å². The molecule has 0 saturated heterocycles. The molecule has 6 nitrogen and oxygen atoms in total. The first-order valence-electron chi connectivity index (χ1n) is 4.54. The van der Waals surface area contributed by atoms with Crippen LogP contribution in [0.5, 0.6) is 0 Å². The maximum absolute atomic E-state index is 10.5. The Morgan fingerprint density at radius 1 is 1.00 bits per heavy atom. The van der Waals surface area contributed by atoms with Crippen LogP contribution in [0.15, 0.2) is 0 Å². The van der Waals surface area contributed by atoms with Gasteiger partial charge >= 0.3 is 11.9 Å². The first-order chi connectivity index (χ1) is 6.84. The molecule has 0 aliphatic rings. The molecule has 0 atom stereocenters. The normalized spacial score (nSPS) is 8.47. The van der Waals surface area contributed by atoms with Gasteiger partial charge in [0, 0.05) is 20.0 Å². The summed E-state index contributed by atoms with van der Waals surface area (Å²) in [6, 6.07) is 0. The molecule has 0 aromatic heterocycles. The number of carboxylic acids is 2. The van der Waals surface area contributed by atoms with Gasteiger partial charge in [0.1, 0.15) is 6.42 Å². The number of carboxylic acid groups (broad SMARTS) is 2. The standard InChI is InChI=1S/C6H13NO.C3H4O4/c1-4-7(5-2)6(3)8;4-2(5)1-3(6)7/h4-5H2,1-3H3;1H2,(H,4,5)(H,6,7). The number of hydrogen-bond acceptors (Lipinski definition) is 3. The van der Waals surface area contributed by atoms with Gasteiger partial charge < -0.3 is 15.1 Å². The highest BCUT2D eigenvalue weighted by atomic mass is 16.4. The Hall–Kier alpha value is -1.59. The molecule has 0 aliphatic heterocycles. The van der Waals surface area contributed by atoms with Gasteiger partial charge in [-0.05, 0) is 13.8 Å². The van der Waals surface area contributed by atoms with Crippen molar-refractivity contribution in [1.29, 1.82) is 0 Å². The summed E-state index contributed by atoms with van der Waals surface area (Å²) in [7, 11) is 0. The zero-order valence-corrected chi connectivity index (χ0v) is 9.19. The van der Waals surface area contributed by atoms with Gasteiger partial charge in [0.15, 0.2) is 0 Å². The third-order valence-corrected chi connectivity index (χ3v) is 1.51. The van der Waals surface area contributed by atoms with E-state index in [9.17, 15) is 14.4 Å². The van der Waals surface area contributed by atoms with Crippen molar-refractivity contribution in [3.05, 3.63) is 0 Å². The number of carbonyl (C=O) groups is 3. The topological polar surface area (TPSA) is 94.9 Å². The zero-order valence-electron chi connectivity index (χ0n) is 9.19. The number of hydrogen-bond donors (Lipinski definition) is 2. The molecule has 1 amide bonds. The van der Waals surface area contributed by atoms with Crippen molar-refractivity contribution in [3.63, 3.8) is 0 Å². The van der Waals surface area contributed by atoms with E-state index in [0.717, 1.165) is 13.1 Å². The highest BCUT2D eigenvalue weighted by molar-refractivity contribution is 5.88. The van der Waals surface area contributed by atoms with Crippen LogP contribution in [-0.4, -0.2) is 46.0 Å². The van der Waals surface area contributed by atoms with E-state index in [-0.39, 0.29) is 5.91 Å². The Kier molecular flexibility index (Phi) is 9.50. The molecule has 6 heteroatoms. The third-order valence-electron chi connectivity index (χ3n) is 1.51. The van der Waals surface area contributed by atoms with Crippen molar-refractivity contribution >= 4 is 17.8 Å². The van der Waals surface area contributed by atoms with Crippen molar-refractivity contribution in [2.24, 2.45) is 0 Å². The summed E-state index contributed by atoms with van der Waals surface area (Å²) in [5.41, 5.74) is 0. The Labute approximate surface area is 88.5 Å². The average Bonchev–Trinajstić information content (AvgIpc) is 2.03. The molecule has 0 heterocycles. The summed E-state index contributed by atoms with van der Waals surface area (Å²) >= 11 is 0. The minimum absolute atomic E-state index is 0.162. The van der Waals surface area contributed by atoms with Crippen LogP contribution in [0.25, 0.3) is 0 Å². The van der Waals surface area contributed by atoms with Crippen LogP contribution in [0.2, 0.25) is 0 Å². The molecule has 0 aromatic rings. The van der Waals surface area contributed by atoms with Crippen molar-refractivity contribution < 1.29 is 24.6 Å². The van der Waals surface area contributed by atoms with Gasteiger partial charge in [-0.1, -0.05) is 0 Å². The van der Waals surface area contributed by atoms with Gasteiger partial charge in [-0.3, -0.25) is 14.4 Å². The van der Waals surface area contributed by atoms with Crippen LogP contribution in [-0.2, 0) is 14.4 Å². The number of carbonyl (C=O) groups excluding carboxylic acids is 1. The molecule has 0 fully saturated rings. The predicted octanol–water partition coefficient (Wildman–Crippen LogP) is 0.420. The van der Waals surface area contributed by atoms with Gasteiger partial charge in [0.2, 0.25) is 5.91 Å². The maximum atomic E-state index is 10.5. The van der Waals surface area contributed by atoms with Gasteiger partial charge in [-0.15, -0.1) is 0 Å². The average molecular weight is 219 g/mol. The fourth-order valence-corrected chi connectivity index (χ4v) is 0.798. The lowest BCUT2D eigenvalue weighted by molar-refractivity contribution is -0.147. The lowest BCUT2D eigenvalue weighted by Gasteiger charge is -2.14. The molecule has 0 bridgehead atoms. The van der Waals surface area contributed by atoms with E-state index in [0.29, 0.717) is 0 Å². The van der Waals surface area contributed by atoms with Crippen LogP contribution in [0, 0.1) is 0 Å². The zero-order chi connectivity index (χ0) is 12.4. The molecule has 0 spiro atoms. The summed E-state index contributed by atoms with van der Waals surface area (Å²) in [5.74, 6) is -2.46. The smallest absolute Gasteiger partial charge is 0.314 e. The second-order valence-corrected chi connectivity index (χ2v) is 2.66. The summed E-state index contributed by atoms with van der Waals surface area (Å²) < 4.78 is 0. The van der Waals surface area contributed by atoms with E-state index in [1.54, 1.807) is 11.8 Å². The first-order valence-corrected chi connectivity index (χ1v) is 4.54. The molecule has 0 aliphatic carbocycles. The van der Waals surface area contributed by atoms with Gasteiger partial charge in [0.25, 0.3) is 0 Å². The van der Waals surface area contributed by atoms with Crippen molar-refractivity contribution in [2.75, 3.05) is 13.1 Å². The Balaban J connectivity index is 0. The molecule has 0 radical (unpaired) electrons. The first kappa shape index (κ1) is 15.9. The number of aliphatic carboxylic acids is 2. The van der Waals surface area contributed by atoms with E-state index in [1.165, 1.54) is 0 Å². The van der Waals surface area contributed by atoms with Gasteiger partial charge in [0.05, 0.1) is 0 Å². The summed E-state index contributed by atoms with van der Waals surface area (Å²) in [6.45, 7) is 7.19. The fraction of sp³-hybridized carbons (Fsp3) is 0.667. The maximum Gasteiger partial charge on any atom is 0.314 e. The van der Waals surface area contributed by atoms with Crippen molar-refractivity contribution in [3.8, 4) is 0 Å². The Bertz CT molecular complexity index is 211. The molecule has 0 rings (SSSR count). The van der Waals surface area contributed by atoms with Gasteiger partial charge in [-0.2, -0.15) is 0 Å². The van der Waals surface area contributed by atoms with Crippen molar-refractivity contribution in [2.45, 2.75) is 27.2 Å². The molecule has 15 heavy (non-hydrogen) atoms. The fourth-order valence-electron chi connectivity index (χ4n) is 0.798. The Morgan fingerprint density at radius 2 is 1.33 bits per heavy atom. The van der Waals surface area contributed by atoms with Gasteiger partial charge in [-0.25, -0.2) is 0 Å². The van der Waals surface area contributed by atoms with E-state index in [4.69, 9.17) is 10.2 Å². The monoisotopic (exact) mass is 219 g/mol. The van der Waals surface area contributed by atoms with Crippen LogP contribution in [0.4, 0.5) is 0 Å². The SMILES string of the molecule is CCN(CC)C(C)=O.O=C(O)CC(=O)O. The van der Waals surface area contributed by atoms with Crippen LogP contribution < -0.4 is 0 Å². The summed E-state index contributed by atoms with van der Waals surface area (Å²) in [6.07, 6.45) is -0.806. The molecule has 0 unspecified atom stereocenters. The summed E-state index contributed by atoms with van der Waals surface area (Å²) in [5, 5.41) is 15.4. The lowest BCUT2D eigenvalue weighted by atomic mass is 10.5. The lowest BCUT2D eigenvalue weighted by Crippen LogP contribution is -2.27. The summed E-state index contributed by atoms with van der Waals surface area (Å²) in [4.78, 5) is 31.2. The minimum Gasteiger partial charge on any atom is -0.481 e. The molecular formula is C9H17NO5. The van der Waals surface area contributed by atoms with Crippen LogP contribution in [0.1, 0.15) is 27.2 Å². The molecule has 0 aromatic carbocycles. The number of nitrogens with zero attached hydrogens (tertiary/aromatic N) is 1. The number of amides is 1. The largest absolute Gasteiger partial charge is 0.481 e. The predicted molar refractivity (Wildman–Crippen MR) is 53.5 cm³/mol. The van der Waals surface area contributed by atoms with E-state index < -0.39 is 18.4 Å². The third kappa shape index (κ3) is 12.4. The highest BCUT2D eigenvalue weighted by Crippen LogP contribution is 1.84. The molecule has 0 saturated carbocycles. The Morgan fingerprint density at radius 3 is 1.33 bits per heavy atom. The molecule has 88 valence electrons. The second-order valence-electron chi connectivity index (χ2n) is 2.66. The van der Waals surface area contributed by atoms with Crippen LogP contribution >= 0.6 is 0 Å². The van der Waals surface area contributed by atoms with Crippen molar-refractivity contribution in [1.82, 2.24) is 4.90 Å².